The lowest BCUT2D eigenvalue weighted by Gasteiger charge is -2.12. The van der Waals surface area contributed by atoms with Crippen molar-refractivity contribution in [2.45, 2.75) is 33.6 Å². The van der Waals surface area contributed by atoms with Gasteiger partial charge in [-0.2, -0.15) is 0 Å². The van der Waals surface area contributed by atoms with Crippen LogP contribution in [-0.4, -0.2) is 23.0 Å². The van der Waals surface area contributed by atoms with Crippen LogP contribution in [-0.2, 0) is 0 Å². The van der Waals surface area contributed by atoms with Crippen molar-refractivity contribution in [1.82, 2.24) is 0 Å². The second-order valence-corrected chi connectivity index (χ2v) is 9.98. The quantitative estimate of drug-likeness (QED) is 0.410. The van der Waals surface area contributed by atoms with Crippen molar-refractivity contribution < 1.29 is 4.42 Å². The van der Waals surface area contributed by atoms with Gasteiger partial charge in [-0.1, -0.05) is 27.7 Å². The van der Waals surface area contributed by atoms with Gasteiger partial charge in [-0.05, 0) is 47.3 Å². The van der Waals surface area contributed by atoms with Gasteiger partial charge in [0.25, 0.3) is 0 Å². The van der Waals surface area contributed by atoms with E-state index in [1.54, 1.807) is 6.26 Å². The highest BCUT2D eigenvalue weighted by atomic mass is 32.2. The van der Waals surface area contributed by atoms with Crippen LogP contribution >= 0.6 is 47.0 Å². The summed E-state index contributed by atoms with van der Waals surface area (Å²) in [5.74, 6) is 5.66. The van der Waals surface area contributed by atoms with E-state index in [2.05, 4.69) is 45.9 Å². The fourth-order valence-corrected chi connectivity index (χ4v) is 6.02. The zero-order valence-electron chi connectivity index (χ0n) is 13.8. The Hall–Kier alpha value is 0.160. The predicted octanol–water partition coefficient (Wildman–Crippen LogP) is 7.06. The molecule has 5 heteroatoms. The standard InChI is InChI=1S/C17H26OS4/c1-5-19-16(20-6-2)12-14(15-10-9-11-18-15)13-17(21-7-3)22-8-4/h9-14H,5-8H2,1-4H3. The molecular weight excluding hydrogens is 348 g/mol. The highest BCUT2D eigenvalue weighted by molar-refractivity contribution is 8.22. The Bertz CT molecular complexity index is 409. The van der Waals surface area contributed by atoms with Crippen molar-refractivity contribution in [1.29, 1.82) is 0 Å². The van der Waals surface area contributed by atoms with E-state index in [4.69, 9.17) is 4.42 Å². The fraction of sp³-hybridized carbons (Fsp3) is 0.529. The lowest BCUT2D eigenvalue weighted by atomic mass is 10.1. The summed E-state index contributed by atoms with van der Waals surface area (Å²) in [6.45, 7) is 8.82. The molecule has 0 bridgehead atoms. The number of rotatable bonds is 11. The Morgan fingerprint density at radius 2 is 1.36 bits per heavy atom. The maximum absolute atomic E-state index is 5.68. The first-order valence-electron chi connectivity index (χ1n) is 7.73. The van der Waals surface area contributed by atoms with Gasteiger partial charge in [-0.25, -0.2) is 0 Å². The number of furan rings is 1. The summed E-state index contributed by atoms with van der Waals surface area (Å²) in [5.41, 5.74) is 0. The monoisotopic (exact) mass is 374 g/mol. The van der Waals surface area contributed by atoms with Gasteiger partial charge < -0.3 is 4.42 Å². The topological polar surface area (TPSA) is 13.1 Å². The third-order valence-electron chi connectivity index (χ3n) is 2.65. The number of hydrogen-bond acceptors (Lipinski definition) is 5. The number of allylic oxidation sites excluding steroid dienone is 2. The van der Waals surface area contributed by atoms with Gasteiger partial charge in [0.05, 0.1) is 12.2 Å². The summed E-state index contributed by atoms with van der Waals surface area (Å²) in [6, 6.07) is 4.05. The summed E-state index contributed by atoms with van der Waals surface area (Å²) in [6.07, 6.45) is 6.48. The van der Waals surface area contributed by atoms with E-state index in [1.165, 1.54) is 8.47 Å². The van der Waals surface area contributed by atoms with Crippen molar-refractivity contribution in [2.24, 2.45) is 0 Å². The Labute approximate surface area is 152 Å². The summed E-state index contributed by atoms with van der Waals surface area (Å²) in [5, 5.41) is 0. The summed E-state index contributed by atoms with van der Waals surface area (Å²) in [7, 11) is 0. The molecule has 0 unspecified atom stereocenters. The third-order valence-corrected chi connectivity index (χ3v) is 6.90. The second kappa shape index (κ2) is 12.6. The van der Waals surface area contributed by atoms with Crippen LogP contribution in [0.25, 0.3) is 0 Å². The maximum Gasteiger partial charge on any atom is 0.114 e. The van der Waals surface area contributed by atoms with Gasteiger partial charge in [0.15, 0.2) is 0 Å². The molecule has 0 amide bonds. The molecule has 1 aromatic rings. The Kier molecular flexibility index (Phi) is 11.5. The second-order valence-electron chi connectivity index (χ2n) is 4.24. The minimum atomic E-state index is 0.219. The van der Waals surface area contributed by atoms with Crippen molar-refractivity contribution in [3.8, 4) is 0 Å². The van der Waals surface area contributed by atoms with Crippen LogP contribution in [0.1, 0.15) is 39.4 Å². The first-order chi connectivity index (χ1) is 10.7. The van der Waals surface area contributed by atoms with Crippen molar-refractivity contribution >= 4 is 47.0 Å². The minimum Gasteiger partial charge on any atom is -0.468 e. The maximum atomic E-state index is 5.68. The Balaban J connectivity index is 3.06. The summed E-state index contributed by atoms with van der Waals surface area (Å²) < 4.78 is 8.47. The van der Waals surface area contributed by atoms with Crippen molar-refractivity contribution in [2.75, 3.05) is 23.0 Å². The first-order valence-corrected chi connectivity index (χ1v) is 11.7. The van der Waals surface area contributed by atoms with Crippen molar-refractivity contribution in [3.63, 3.8) is 0 Å². The number of hydrogen-bond donors (Lipinski definition) is 0. The molecular formula is C17H26OS4. The van der Waals surface area contributed by atoms with Gasteiger partial charge in [-0.15, -0.1) is 47.0 Å². The molecule has 0 N–H and O–H groups in total. The molecule has 0 saturated heterocycles. The van der Waals surface area contributed by atoms with Gasteiger partial charge in [0, 0.05) is 8.47 Å². The molecule has 0 aromatic carbocycles. The average molecular weight is 375 g/mol. The molecule has 0 aliphatic rings. The van der Waals surface area contributed by atoms with E-state index in [-0.39, 0.29) is 5.92 Å². The fourth-order valence-electron chi connectivity index (χ4n) is 1.83. The van der Waals surface area contributed by atoms with Gasteiger partial charge in [-0.3, -0.25) is 0 Å². The molecule has 0 radical (unpaired) electrons. The van der Waals surface area contributed by atoms with Crippen LogP contribution in [0.2, 0.25) is 0 Å². The SMILES string of the molecule is CCSC(=CC(C=C(SCC)SCC)c1ccco1)SCC. The molecule has 1 nitrogen and oxygen atoms in total. The molecule has 0 fully saturated rings. The molecule has 22 heavy (non-hydrogen) atoms. The highest BCUT2D eigenvalue weighted by Gasteiger charge is 2.13. The van der Waals surface area contributed by atoms with Gasteiger partial charge in [0.1, 0.15) is 5.76 Å². The normalized spacial score (nSPS) is 10.8. The minimum absolute atomic E-state index is 0.219. The van der Waals surface area contributed by atoms with E-state index in [9.17, 15) is 0 Å². The Morgan fingerprint density at radius 3 is 1.68 bits per heavy atom. The summed E-state index contributed by atoms with van der Waals surface area (Å²) in [4.78, 5) is 0. The van der Waals surface area contributed by atoms with Crippen LogP contribution in [0.4, 0.5) is 0 Å². The van der Waals surface area contributed by atoms with E-state index in [0.717, 1.165) is 28.8 Å². The zero-order chi connectivity index (χ0) is 16.2. The van der Waals surface area contributed by atoms with Gasteiger partial charge in [0.2, 0.25) is 0 Å². The van der Waals surface area contributed by atoms with E-state index < -0.39 is 0 Å². The Morgan fingerprint density at radius 1 is 0.909 bits per heavy atom. The van der Waals surface area contributed by atoms with Crippen molar-refractivity contribution in [3.05, 3.63) is 44.8 Å². The summed E-state index contributed by atoms with van der Waals surface area (Å²) >= 11 is 7.68. The molecule has 0 aliphatic carbocycles. The molecule has 0 atom stereocenters. The average Bonchev–Trinajstić information content (AvgIpc) is 3.01. The van der Waals surface area contributed by atoms with Crippen LogP contribution < -0.4 is 0 Å². The third kappa shape index (κ3) is 7.62. The van der Waals surface area contributed by atoms with Crippen LogP contribution in [0.15, 0.2) is 43.4 Å². The number of thioether (sulfide) groups is 4. The lowest BCUT2D eigenvalue weighted by molar-refractivity contribution is 0.509. The molecule has 1 aromatic heterocycles. The lowest BCUT2D eigenvalue weighted by Crippen LogP contribution is -1.92. The predicted molar refractivity (Wildman–Crippen MR) is 110 cm³/mol. The van der Waals surface area contributed by atoms with E-state index in [0.29, 0.717) is 0 Å². The van der Waals surface area contributed by atoms with E-state index >= 15 is 0 Å². The molecule has 1 rings (SSSR count). The van der Waals surface area contributed by atoms with Crippen LogP contribution in [0.5, 0.6) is 0 Å². The molecule has 1 heterocycles. The van der Waals surface area contributed by atoms with Crippen LogP contribution in [0.3, 0.4) is 0 Å². The largest absolute Gasteiger partial charge is 0.468 e. The molecule has 0 spiro atoms. The molecule has 0 aliphatic heterocycles. The zero-order valence-corrected chi connectivity index (χ0v) is 17.1. The molecule has 0 saturated carbocycles. The van der Waals surface area contributed by atoms with Crippen LogP contribution in [0, 0.1) is 0 Å². The smallest absolute Gasteiger partial charge is 0.114 e. The highest BCUT2D eigenvalue weighted by Crippen LogP contribution is 2.36. The van der Waals surface area contributed by atoms with E-state index in [1.807, 2.05) is 53.1 Å². The molecule has 124 valence electrons. The van der Waals surface area contributed by atoms with Gasteiger partial charge >= 0.3 is 0 Å². The first kappa shape index (κ1) is 20.2.